The SMILES string of the molecule is CSc1cccc(N2CC3CNCCN3C2=O)c1.Cl. The fraction of sp³-hybridized carbons (Fsp3) is 0.462. The number of rotatable bonds is 2. The Kier molecular flexibility index (Phi) is 4.60. The smallest absolute Gasteiger partial charge is 0.317 e. The second-order valence-corrected chi connectivity index (χ2v) is 5.53. The van der Waals surface area contributed by atoms with Crippen LogP contribution in [0.5, 0.6) is 0 Å². The van der Waals surface area contributed by atoms with Gasteiger partial charge in [0, 0.05) is 36.8 Å². The summed E-state index contributed by atoms with van der Waals surface area (Å²) in [5.41, 5.74) is 1.02. The Morgan fingerprint density at radius 1 is 1.42 bits per heavy atom. The van der Waals surface area contributed by atoms with Crippen molar-refractivity contribution in [3.63, 3.8) is 0 Å². The molecule has 0 radical (unpaired) electrons. The van der Waals surface area contributed by atoms with Gasteiger partial charge in [-0.3, -0.25) is 4.90 Å². The summed E-state index contributed by atoms with van der Waals surface area (Å²) in [6.45, 7) is 3.43. The number of hydrogen-bond acceptors (Lipinski definition) is 3. The van der Waals surface area contributed by atoms with Crippen LogP contribution in [0.15, 0.2) is 29.2 Å². The summed E-state index contributed by atoms with van der Waals surface area (Å²) in [5.74, 6) is 0. The molecule has 3 rings (SSSR count). The molecule has 104 valence electrons. The van der Waals surface area contributed by atoms with E-state index in [4.69, 9.17) is 0 Å². The fourth-order valence-corrected chi connectivity index (χ4v) is 3.07. The monoisotopic (exact) mass is 299 g/mol. The average molecular weight is 300 g/mol. The predicted octanol–water partition coefficient (Wildman–Crippen LogP) is 2.04. The van der Waals surface area contributed by atoms with E-state index in [0.717, 1.165) is 31.9 Å². The van der Waals surface area contributed by atoms with Crippen LogP contribution < -0.4 is 10.2 Å². The highest BCUT2D eigenvalue weighted by Gasteiger charge is 2.38. The standard InChI is InChI=1S/C13H17N3OS.ClH/c1-18-12-4-2-3-10(7-12)16-9-11-8-14-5-6-15(11)13(16)17;/h2-4,7,11,14H,5-6,8-9H2,1H3;1H. The molecule has 2 amide bonds. The lowest BCUT2D eigenvalue weighted by Crippen LogP contribution is -2.49. The number of thioether (sulfide) groups is 1. The third kappa shape index (κ3) is 2.68. The molecule has 1 aromatic rings. The number of anilines is 1. The van der Waals surface area contributed by atoms with Gasteiger partial charge in [-0.05, 0) is 24.5 Å². The molecule has 1 atom stereocenters. The topological polar surface area (TPSA) is 35.6 Å². The van der Waals surface area contributed by atoms with Crippen molar-refractivity contribution < 1.29 is 4.79 Å². The number of fused-ring (bicyclic) bond motifs is 1. The van der Waals surface area contributed by atoms with E-state index < -0.39 is 0 Å². The van der Waals surface area contributed by atoms with Crippen molar-refractivity contribution in [1.82, 2.24) is 10.2 Å². The number of nitrogens with one attached hydrogen (secondary N) is 1. The number of piperazine rings is 1. The van der Waals surface area contributed by atoms with Gasteiger partial charge in [-0.1, -0.05) is 6.07 Å². The number of carbonyl (C=O) groups is 1. The van der Waals surface area contributed by atoms with Crippen molar-refractivity contribution in [2.75, 3.05) is 37.3 Å². The highest BCUT2D eigenvalue weighted by molar-refractivity contribution is 7.98. The minimum atomic E-state index is 0. The zero-order chi connectivity index (χ0) is 12.5. The van der Waals surface area contributed by atoms with Gasteiger partial charge in [0.1, 0.15) is 0 Å². The lowest BCUT2D eigenvalue weighted by molar-refractivity contribution is 0.193. The molecule has 1 aromatic carbocycles. The molecule has 4 nitrogen and oxygen atoms in total. The van der Waals surface area contributed by atoms with Crippen LogP contribution in [0.2, 0.25) is 0 Å². The minimum absolute atomic E-state index is 0. The molecule has 2 fully saturated rings. The number of amides is 2. The third-order valence-corrected chi connectivity index (χ3v) is 4.31. The zero-order valence-electron chi connectivity index (χ0n) is 10.8. The summed E-state index contributed by atoms with van der Waals surface area (Å²) in [6, 6.07) is 8.68. The largest absolute Gasteiger partial charge is 0.324 e. The lowest BCUT2D eigenvalue weighted by atomic mass is 10.2. The van der Waals surface area contributed by atoms with Gasteiger partial charge in [0.05, 0.1) is 6.04 Å². The number of urea groups is 1. The van der Waals surface area contributed by atoms with E-state index in [2.05, 4.69) is 23.7 Å². The van der Waals surface area contributed by atoms with Gasteiger partial charge < -0.3 is 10.2 Å². The normalized spacial score (nSPS) is 22.2. The van der Waals surface area contributed by atoms with Crippen LogP contribution >= 0.6 is 24.2 Å². The Morgan fingerprint density at radius 3 is 3.00 bits per heavy atom. The van der Waals surface area contributed by atoms with Crippen molar-refractivity contribution in [2.24, 2.45) is 0 Å². The van der Waals surface area contributed by atoms with Gasteiger partial charge in [-0.15, -0.1) is 24.2 Å². The number of hydrogen-bond donors (Lipinski definition) is 1. The Bertz CT molecular complexity index is 471. The zero-order valence-corrected chi connectivity index (χ0v) is 12.5. The second-order valence-electron chi connectivity index (χ2n) is 4.65. The van der Waals surface area contributed by atoms with E-state index in [1.54, 1.807) is 11.8 Å². The lowest BCUT2D eigenvalue weighted by Gasteiger charge is -2.28. The van der Waals surface area contributed by atoms with Crippen LogP contribution in [0.1, 0.15) is 0 Å². The van der Waals surface area contributed by atoms with Crippen molar-refractivity contribution >= 4 is 35.9 Å². The molecule has 2 heterocycles. The molecule has 2 aliphatic rings. The maximum Gasteiger partial charge on any atom is 0.324 e. The molecule has 19 heavy (non-hydrogen) atoms. The molecule has 0 bridgehead atoms. The Morgan fingerprint density at radius 2 is 2.26 bits per heavy atom. The Balaban J connectivity index is 0.00000133. The Hall–Kier alpha value is -0.910. The molecule has 0 spiro atoms. The Labute approximate surface area is 123 Å². The van der Waals surface area contributed by atoms with E-state index in [1.165, 1.54) is 4.90 Å². The van der Waals surface area contributed by atoms with Crippen molar-refractivity contribution in [3.05, 3.63) is 24.3 Å². The molecule has 2 saturated heterocycles. The highest BCUT2D eigenvalue weighted by Crippen LogP contribution is 2.27. The molecule has 0 aliphatic carbocycles. The van der Waals surface area contributed by atoms with E-state index in [1.807, 2.05) is 21.9 Å². The number of halogens is 1. The summed E-state index contributed by atoms with van der Waals surface area (Å²) in [4.78, 5) is 17.4. The predicted molar refractivity (Wildman–Crippen MR) is 81.6 cm³/mol. The first-order valence-electron chi connectivity index (χ1n) is 6.22. The molecule has 0 aromatic heterocycles. The molecule has 2 aliphatic heterocycles. The minimum Gasteiger partial charge on any atom is -0.317 e. The first kappa shape index (κ1) is 14.5. The maximum absolute atomic E-state index is 12.4. The molecule has 0 saturated carbocycles. The van der Waals surface area contributed by atoms with Crippen LogP contribution in [0, 0.1) is 0 Å². The van der Waals surface area contributed by atoms with Crippen molar-refractivity contribution in [1.29, 1.82) is 0 Å². The summed E-state index contributed by atoms with van der Waals surface area (Å²) >= 11 is 1.70. The van der Waals surface area contributed by atoms with Gasteiger partial charge in [-0.25, -0.2) is 4.79 Å². The average Bonchev–Trinajstić information content (AvgIpc) is 2.77. The number of nitrogens with zero attached hydrogens (tertiary/aromatic N) is 2. The van der Waals surface area contributed by atoms with Gasteiger partial charge in [0.15, 0.2) is 0 Å². The van der Waals surface area contributed by atoms with E-state index in [0.29, 0.717) is 6.04 Å². The van der Waals surface area contributed by atoms with Gasteiger partial charge in [0.2, 0.25) is 0 Å². The molecular formula is C13H18ClN3OS. The second kappa shape index (κ2) is 6.03. The summed E-state index contributed by atoms with van der Waals surface area (Å²) in [7, 11) is 0. The van der Waals surface area contributed by atoms with Crippen LogP contribution in [0.3, 0.4) is 0 Å². The third-order valence-electron chi connectivity index (χ3n) is 3.59. The highest BCUT2D eigenvalue weighted by atomic mass is 35.5. The van der Waals surface area contributed by atoms with Gasteiger partial charge in [0.25, 0.3) is 0 Å². The van der Waals surface area contributed by atoms with E-state index >= 15 is 0 Å². The van der Waals surface area contributed by atoms with Crippen LogP contribution in [0.25, 0.3) is 0 Å². The van der Waals surface area contributed by atoms with Crippen LogP contribution in [-0.2, 0) is 0 Å². The summed E-state index contributed by atoms with van der Waals surface area (Å²) < 4.78 is 0. The quantitative estimate of drug-likeness (QED) is 0.849. The van der Waals surface area contributed by atoms with Crippen molar-refractivity contribution in [2.45, 2.75) is 10.9 Å². The molecule has 6 heteroatoms. The molecular weight excluding hydrogens is 282 g/mol. The van der Waals surface area contributed by atoms with E-state index in [-0.39, 0.29) is 18.4 Å². The summed E-state index contributed by atoms with van der Waals surface area (Å²) in [6.07, 6.45) is 2.05. The fourth-order valence-electron chi connectivity index (χ4n) is 2.61. The first-order chi connectivity index (χ1) is 8.79. The van der Waals surface area contributed by atoms with Crippen LogP contribution in [-0.4, -0.2) is 49.4 Å². The number of carbonyl (C=O) groups excluding carboxylic acids is 1. The maximum atomic E-state index is 12.4. The summed E-state index contributed by atoms with van der Waals surface area (Å²) in [5, 5.41) is 3.35. The molecule has 1 N–H and O–H groups in total. The van der Waals surface area contributed by atoms with Gasteiger partial charge in [-0.2, -0.15) is 0 Å². The van der Waals surface area contributed by atoms with E-state index in [9.17, 15) is 4.79 Å². The van der Waals surface area contributed by atoms with Crippen molar-refractivity contribution in [3.8, 4) is 0 Å². The first-order valence-corrected chi connectivity index (χ1v) is 7.45. The van der Waals surface area contributed by atoms with Gasteiger partial charge >= 0.3 is 6.03 Å². The molecule has 1 unspecified atom stereocenters. The van der Waals surface area contributed by atoms with Crippen LogP contribution in [0.4, 0.5) is 10.5 Å². The number of benzene rings is 1.